The maximum absolute atomic E-state index is 11.6. The Morgan fingerprint density at radius 3 is 2.63 bits per heavy atom. The second-order valence-corrected chi connectivity index (χ2v) is 6.46. The fourth-order valence-corrected chi connectivity index (χ4v) is 3.77. The van der Waals surface area contributed by atoms with E-state index in [1.807, 2.05) is 0 Å². The summed E-state index contributed by atoms with van der Waals surface area (Å²) in [6, 6.07) is 0. The van der Waals surface area contributed by atoms with Gasteiger partial charge < -0.3 is 15.3 Å². The number of carboxylic acids is 1. The first kappa shape index (κ1) is 14.8. The zero-order valence-electron chi connectivity index (χ0n) is 12.3. The minimum absolute atomic E-state index is 0.277. The summed E-state index contributed by atoms with van der Waals surface area (Å²) in [7, 11) is 3.97. The number of hydrogen-bond donors (Lipinski definition) is 2. The van der Waals surface area contributed by atoms with E-state index in [9.17, 15) is 9.90 Å². The van der Waals surface area contributed by atoms with Crippen molar-refractivity contribution in [1.29, 1.82) is 0 Å². The van der Waals surface area contributed by atoms with Crippen LogP contribution in [0.4, 0.5) is 0 Å². The fraction of sp³-hybridized carbons (Fsp3) is 0.933. The van der Waals surface area contributed by atoms with Crippen molar-refractivity contribution in [3.05, 3.63) is 0 Å². The summed E-state index contributed by atoms with van der Waals surface area (Å²) in [5, 5.41) is 12.6. The van der Waals surface area contributed by atoms with E-state index in [1.54, 1.807) is 7.05 Å². The Kier molecular flexibility index (Phi) is 4.85. The van der Waals surface area contributed by atoms with Crippen molar-refractivity contribution in [1.82, 2.24) is 10.2 Å². The lowest BCUT2D eigenvalue weighted by molar-refractivity contribution is -0.146. The van der Waals surface area contributed by atoms with E-state index in [1.165, 1.54) is 25.8 Å². The number of nitrogens with one attached hydrogen (secondary N) is 1. The van der Waals surface area contributed by atoms with Gasteiger partial charge in [-0.15, -0.1) is 0 Å². The van der Waals surface area contributed by atoms with Gasteiger partial charge in [-0.1, -0.05) is 12.8 Å². The first-order valence-corrected chi connectivity index (χ1v) is 7.69. The van der Waals surface area contributed by atoms with E-state index in [-0.39, 0.29) is 5.92 Å². The predicted octanol–water partition coefficient (Wildman–Crippen LogP) is 1.95. The third kappa shape index (κ3) is 3.11. The van der Waals surface area contributed by atoms with Crippen LogP contribution in [0.1, 0.15) is 44.9 Å². The molecule has 0 bridgehead atoms. The molecule has 0 aliphatic heterocycles. The highest BCUT2D eigenvalue weighted by Gasteiger charge is 2.47. The van der Waals surface area contributed by atoms with Gasteiger partial charge in [0.15, 0.2) is 0 Å². The van der Waals surface area contributed by atoms with E-state index >= 15 is 0 Å². The first-order chi connectivity index (χ1) is 9.08. The van der Waals surface area contributed by atoms with Crippen molar-refractivity contribution in [2.24, 2.45) is 11.8 Å². The molecule has 0 saturated heterocycles. The molecule has 2 saturated carbocycles. The third-order valence-corrected chi connectivity index (χ3v) is 5.30. The molecule has 2 rings (SSSR count). The lowest BCUT2D eigenvalue weighted by Gasteiger charge is -2.34. The molecule has 2 aliphatic carbocycles. The van der Waals surface area contributed by atoms with Crippen molar-refractivity contribution >= 4 is 5.97 Å². The van der Waals surface area contributed by atoms with Crippen LogP contribution in [-0.2, 0) is 4.79 Å². The van der Waals surface area contributed by atoms with Gasteiger partial charge >= 0.3 is 5.97 Å². The van der Waals surface area contributed by atoms with E-state index in [0.29, 0.717) is 0 Å². The molecule has 2 fully saturated rings. The lowest BCUT2D eigenvalue weighted by atomic mass is 9.83. The molecule has 2 aliphatic rings. The van der Waals surface area contributed by atoms with Crippen LogP contribution in [0.15, 0.2) is 0 Å². The number of aliphatic carboxylic acids is 1. The highest BCUT2D eigenvalue weighted by atomic mass is 16.4. The van der Waals surface area contributed by atoms with Crippen LogP contribution in [0, 0.1) is 11.8 Å². The van der Waals surface area contributed by atoms with Crippen molar-refractivity contribution in [2.75, 3.05) is 27.2 Å². The molecule has 19 heavy (non-hydrogen) atoms. The minimum atomic E-state index is -0.669. The highest BCUT2D eigenvalue weighted by molar-refractivity contribution is 5.79. The molecule has 0 radical (unpaired) electrons. The Hall–Kier alpha value is -0.610. The summed E-state index contributed by atoms with van der Waals surface area (Å²) in [5.74, 6) is 0.500. The van der Waals surface area contributed by atoms with E-state index < -0.39 is 11.5 Å². The zero-order chi connectivity index (χ0) is 13.9. The van der Waals surface area contributed by atoms with Crippen molar-refractivity contribution < 1.29 is 9.90 Å². The number of likely N-dealkylation sites (N-methyl/N-ethyl adjacent to an activating group) is 1. The van der Waals surface area contributed by atoms with Crippen LogP contribution in [0.5, 0.6) is 0 Å². The second-order valence-electron chi connectivity index (χ2n) is 6.46. The molecule has 0 heterocycles. The Morgan fingerprint density at radius 1 is 1.37 bits per heavy atom. The summed E-state index contributed by atoms with van der Waals surface area (Å²) in [5.41, 5.74) is -0.669. The molecule has 0 aromatic carbocycles. The standard InChI is InChI=1S/C15H28N2O2/c1-16-15(14(18)19)9-4-7-13(15)8-10-17(2)11-12-5-3-6-12/h12-13,16H,3-11H2,1-2H3,(H,18,19). The maximum atomic E-state index is 11.6. The van der Waals surface area contributed by atoms with Gasteiger partial charge in [-0.2, -0.15) is 0 Å². The molecule has 2 atom stereocenters. The Morgan fingerprint density at radius 2 is 2.11 bits per heavy atom. The van der Waals surface area contributed by atoms with Crippen LogP contribution in [0.25, 0.3) is 0 Å². The van der Waals surface area contributed by atoms with Crippen molar-refractivity contribution in [3.8, 4) is 0 Å². The van der Waals surface area contributed by atoms with Crippen LogP contribution in [0.3, 0.4) is 0 Å². The Balaban J connectivity index is 1.81. The molecule has 0 amide bonds. The normalized spacial score (nSPS) is 31.6. The van der Waals surface area contributed by atoms with Gasteiger partial charge in [-0.3, -0.25) is 4.79 Å². The summed E-state index contributed by atoms with van der Waals surface area (Å²) in [4.78, 5) is 14.0. The lowest BCUT2D eigenvalue weighted by Crippen LogP contribution is -2.53. The van der Waals surface area contributed by atoms with Gasteiger partial charge in [-0.05, 0) is 64.6 Å². The number of carbonyl (C=O) groups is 1. The summed E-state index contributed by atoms with van der Waals surface area (Å²) in [6.07, 6.45) is 8.00. The number of carboxylic acid groups (broad SMARTS) is 1. The monoisotopic (exact) mass is 268 g/mol. The highest BCUT2D eigenvalue weighted by Crippen LogP contribution is 2.38. The summed E-state index contributed by atoms with van der Waals surface area (Å²) in [6.45, 7) is 2.21. The van der Waals surface area contributed by atoms with Crippen LogP contribution >= 0.6 is 0 Å². The SMILES string of the molecule is CNC1(C(=O)O)CCCC1CCN(C)CC1CCC1. The van der Waals surface area contributed by atoms with Gasteiger partial charge in [0.25, 0.3) is 0 Å². The quantitative estimate of drug-likeness (QED) is 0.741. The first-order valence-electron chi connectivity index (χ1n) is 7.69. The predicted molar refractivity (Wildman–Crippen MR) is 76.2 cm³/mol. The van der Waals surface area contributed by atoms with Crippen LogP contribution in [0.2, 0.25) is 0 Å². The molecule has 2 N–H and O–H groups in total. The van der Waals surface area contributed by atoms with Crippen molar-refractivity contribution in [2.45, 2.75) is 50.5 Å². The van der Waals surface area contributed by atoms with E-state index in [2.05, 4.69) is 17.3 Å². The van der Waals surface area contributed by atoms with Gasteiger partial charge in [0.1, 0.15) is 5.54 Å². The van der Waals surface area contributed by atoms with Crippen LogP contribution < -0.4 is 5.32 Å². The fourth-order valence-electron chi connectivity index (χ4n) is 3.77. The molecule has 2 unspecified atom stereocenters. The summed E-state index contributed by atoms with van der Waals surface area (Å²) >= 11 is 0. The van der Waals surface area contributed by atoms with Crippen molar-refractivity contribution in [3.63, 3.8) is 0 Å². The van der Waals surface area contributed by atoms with E-state index in [4.69, 9.17) is 0 Å². The zero-order valence-corrected chi connectivity index (χ0v) is 12.3. The van der Waals surface area contributed by atoms with E-state index in [0.717, 1.165) is 38.1 Å². The third-order valence-electron chi connectivity index (χ3n) is 5.30. The molecule has 110 valence electrons. The molecule has 0 aromatic rings. The Bertz CT molecular complexity index is 317. The van der Waals surface area contributed by atoms with Gasteiger partial charge in [0.05, 0.1) is 0 Å². The second kappa shape index (κ2) is 6.23. The van der Waals surface area contributed by atoms with Gasteiger partial charge in [0, 0.05) is 6.54 Å². The average molecular weight is 268 g/mol. The molecular weight excluding hydrogens is 240 g/mol. The molecule has 4 nitrogen and oxygen atoms in total. The number of hydrogen-bond acceptors (Lipinski definition) is 3. The topological polar surface area (TPSA) is 52.6 Å². The van der Waals surface area contributed by atoms with Gasteiger partial charge in [-0.25, -0.2) is 0 Å². The van der Waals surface area contributed by atoms with Crippen LogP contribution in [-0.4, -0.2) is 48.7 Å². The Labute approximate surface area is 116 Å². The largest absolute Gasteiger partial charge is 0.480 e. The molecule has 0 spiro atoms. The average Bonchev–Trinajstić information content (AvgIpc) is 2.75. The molecular formula is C15H28N2O2. The maximum Gasteiger partial charge on any atom is 0.324 e. The van der Waals surface area contributed by atoms with Gasteiger partial charge in [0.2, 0.25) is 0 Å². The molecule has 4 heteroatoms. The smallest absolute Gasteiger partial charge is 0.324 e. The summed E-state index contributed by atoms with van der Waals surface area (Å²) < 4.78 is 0. The minimum Gasteiger partial charge on any atom is -0.480 e. The molecule has 0 aromatic heterocycles. The number of nitrogens with zero attached hydrogens (tertiary/aromatic N) is 1. The number of rotatable bonds is 7.